The van der Waals surface area contributed by atoms with Crippen LogP contribution in [0, 0.1) is 11.3 Å². The molecule has 88 valence electrons. The number of hydrogen-bond acceptors (Lipinski definition) is 2. The van der Waals surface area contributed by atoms with Crippen LogP contribution in [0.3, 0.4) is 0 Å². The molecule has 0 saturated heterocycles. The molecular formula is C14H17N3. The maximum Gasteiger partial charge on any atom is 0.123 e. The first-order chi connectivity index (χ1) is 7.93. The third-order valence-corrected chi connectivity index (χ3v) is 3.08. The number of nitriles is 1. The number of aryl methyl sites for hydroxylation is 1. The van der Waals surface area contributed by atoms with Crippen molar-refractivity contribution in [2.24, 2.45) is 7.05 Å². The highest BCUT2D eigenvalue weighted by Crippen LogP contribution is 2.26. The molecule has 0 radical (unpaired) electrons. The van der Waals surface area contributed by atoms with Crippen LogP contribution >= 0.6 is 0 Å². The quantitative estimate of drug-likeness (QED) is 0.751. The van der Waals surface area contributed by atoms with Crippen LogP contribution in [0.15, 0.2) is 18.2 Å². The normalized spacial score (nSPS) is 11.7. The summed E-state index contributed by atoms with van der Waals surface area (Å²) in [5.74, 6) is 0.827. The molecule has 0 fully saturated rings. The van der Waals surface area contributed by atoms with Gasteiger partial charge >= 0.3 is 0 Å². The highest BCUT2D eigenvalue weighted by Gasteiger charge is 2.16. The lowest BCUT2D eigenvalue weighted by atomic mass is 9.87. The van der Waals surface area contributed by atoms with Crippen molar-refractivity contribution in [3.05, 3.63) is 29.6 Å². The van der Waals surface area contributed by atoms with Gasteiger partial charge in [0.1, 0.15) is 5.82 Å². The van der Waals surface area contributed by atoms with Gasteiger partial charge in [-0.25, -0.2) is 4.98 Å². The van der Waals surface area contributed by atoms with Crippen molar-refractivity contribution in [3.63, 3.8) is 0 Å². The molecule has 0 spiro atoms. The van der Waals surface area contributed by atoms with Crippen molar-refractivity contribution in [3.8, 4) is 6.07 Å². The third kappa shape index (κ3) is 2.03. The molecule has 0 atom stereocenters. The van der Waals surface area contributed by atoms with Crippen LogP contribution in [0.2, 0.25) is 0 Å². The minimum absolute atomic E-state index is 0.133. The summed E-state index contributed by atoms with van der Waals surface area (Å²) >= 11 is 0. The van der Waals surface area contributed by atoms with Gasteiger partial charge in [-0.2, -0.15) is 5.26 Å². The van der Waals surface area contributed by atoms with Crippen LogP contribution in [0.4, 0.5) is 0 Å². The fourth-order valence-electron chi connectivity index (χ4n) is 1.94. The lowest BCUT2D eigenvalue weighted by Gasteiger charge is -2.18. The van der Waals surface area contributed by atoms with Crippen LogP contribution in [0.25, 0.3) is 11.0 Å². The Kier molecular flexibility index (Phi) is 2.66. The van der Waals surface area contributed by atoms with Crippen LogP contribution in [-0.2, 0) is 18.9 Å². The van der Waals surface area contributed by atoms with E-state index in [-0.39, 0.29) is 5.41 Å². The maximum atomic E-state index is 8.75. The van der Waals surface area contributed by atoms with Crippen molar-refractivity contribution in [1.82, 2.24) is 9.55 Å². The molecular weight excluding hydrogens is 210 g/mol. The number of aromatic nitrogens is 2. The predicted molar refractivity (Wildman–Crippen MR) is 68.7 cm³/mol. The van der Waals surface area contributed by atoms with E-state index >= 15 is 0 Å². The summed E-state index contributed by atoms with van der Waals surface area (Å²) in [6.45, 7) is 6.59. The number of imidazole rings is 1. The standard InChI is InChI=1S/C14H17N3/c1-14(2,3)10-5-6-11-12(9-10)17(4)13(16-11)7-8-15/h5-6,9H,7H2,1-4H3. The van der Waals surface area contributed by atoms with Gasteiger partial charge in [-0.15, -0.1) is 0 Å². The molecule has 0 aliphatic rings. The van der Waals surface area contributed by atoms with Gasteiger partial charge in [0, 0.05) is 7.05 Å². The first-order valence-electron chi connectivity index (χ1n) is 5.76. The molecule has 1 heterocycles. The third-order valence-electron chi connectivity index (χ3n) is 3.08. The van der Waals surface area contributed by atoms with Crippen LogP contribution in [0.1, 0.15) is 32.2 Å². The van der Waals surface area contributed by atoms with Gasteiger partial charge in [-0.05, 0) is 23.1 Å². The number of fused-ring (bicyclic) bond motifs is 1. The van der Waals surface area contributed by atoms with E-state index in [1.54, 1.807) is 0 Å². The van der Waals surface area contributed by atoms with E-state index in [1.807, 2.05) is 17.7 Å². The molecule has 0 N–H and O–H groups in total. The van der Waals surface area contributed by atoms with Crippen molar-refractivity contribution in [2.75, 3.05) is 0 Å². The Hall–Kier alpha value is -1.82. The van der Waals surface area contributed by atoms with Crippen LogP contribution in [0.5, 0.6) is 0 Å². The van der Waals surface area contributed by atoms with E-state index in [0.29, 0.717) is 6.42 Å². The highest BCUT2D eigenvalue weighted by molar-refractivity contribution is 5.77. The Morgan fingerprint density at radius 2 is 2.06 bits per heavy atom. The Morgan fingerprint density at radius 1 is 1.35 bits per heavy atom. The van der Waals surface area contributed by atoms with E-state index in [2.05, 4.69) is 44.0 Å². The zero-order chi connectivity index (χ0) is 12.6. The molecule has 0 aliphatic carbocycles. The zero-order valence-electron chi connectivity index (χ0n) is 10.8. The van der Waals surface area contributed by atoms with Gasteiger partial charge in [0.2, 0.25) is 0 Å². The minimum Gasteiger partial charge on any atom is -0.330 e. The molecule has 1 aromatic carbocycles. The lowest BCUT2D eigenvalue weighted by molar-refractivity contribution is 0.591. The zero-order valence-corrected chi connectivity index (χ0v) is 10.8. The minimum atomic E-state index is 0.133. The van der Waals surface area contributed by atoms with E-state index < -0.39 is 0 Å². The molecule has 3 nitrogen and oxygen atoms in total. The van der Waals surface area contributed by atoms with Gasteiger partial charge in [0.25, 0.3) is 0 Å². The number of rotatable bonds is 1. The summed E-state index contributed by atoms with van der Waals surface area (Å²) in [7, 11) is 1.97. The second-order valence-electron chi connectivity index (χ2n) is 5.38. The van der Waals surface area contributed by atoms with Gasteiger partial charge in [-0.3, -0.25) is 0 Å². The highest BCUT2D eigenvalue weighted by atomic mass is 15.1. The van der Waals surface area contributed by atoms with Crippen molar-refractivity contribution >= 4 is 11.0 Å². The van der Waals surface area contributed by atoms with Crippen molar-refractivity contribution in [2.45, 2.75) is 32.6 Å². The Balaban J connectivity index is 2.62. The van der Waals surface area contributed by atoms with Crippen LogP contribution < -0.4 is 0 Å². The Morgan fingerprint density at radius 3 is 2.65 bits per heavy atom. The summed E-state index contributed by atoms with van der Waals surface area (Å²) in [6, 6.07) is 8.47. The van der Waals surface area contributed by atoms with Gasteiger partial charge in [0.05, 0.1) is 23.5 Å². The molecule has 17 heavy (non-hydrogen) atoms. The topological polar surface area (TPSA) is 41.6 Å². The monoisotopic (exact) mass is 227 g/mol. The number of benzene rings is 1. The van der Waals surface area contributed by atoms with E-state index in [0.717, 1.165) is 16.9 Å². The SMILES string of the molecule is Cn1c(CC#N)nc2ccc(C(C)(C)C)cc21. The van der Waals surface area contributed by atoms with E-state index in [4.69, 9.17) is 5.26 Å². The Labute approximate surface area is 102 Å². The molecule has 0 amide bonds. The molecule has 0 saturated carbocycles. The molecule has 0 unspecified atom stereocenters. The molecule has 3 heteroatoms. The van der Waals surface area contributed by atoms with Crippen LogP contribution in [-0.4, -0.2) is 9.55 Å². The summed E-state index contributed by atoms with van der Waals surface area (Å²) in [5.41, 5.74) is 3.48. The number of nitrogens with zero attached hydrogens (tertiary/aromatic N) is 3. The largest absolute Gasteiger partial charge is 0.330 e. The van der Waals surface area contributed by atoms with Gasteiger partial charge in [0.15, 0.2) is 0 Å². The summed E-state index contributed by atoms with van der Waals surface area (Å²) < 4.78 is 2.01. The van der Waals surface area contributed by atoms with Crippen molar-refractivity contribution in [1.29, 1.82) is 5.26 Å². The van der Waals surface area contributed by atoms with Crippen molar-refractivity contribution < 1.29 is 0 Å². The summed E-state index contributed by atoms with van der Waals surface area (Å²) in [6.07, 6.45) is 0.357. The fourth-order valence-corrected chi connectivity index (χ4v) is 1.94. The first kappa shape index (κ1) is 11.7. The predicted octanol–water partition coefficient (Wildman–Crippen LogP) is 2.94. The summed E-state index contributed by atoms with van der Waals surface area (Å²) in [5, 5.41) is 8.75. The van der Waals surface area contributed by atoms with E-state index in [9.17, 15) is 0 Å². The smallest absolute Gasteiger partial charge is 0.123 e. The first-order valence-corrected chi connectivity index (χ1v) is 5.76. The lowest BCUT2D eigenvalue weighted by Crippen LogP contribution is -2.10. The maximum absolute atomic E-state index is 8.75. The number of hydrogen-bond donors (Lipinski definition) is 0. The second kappa shape index (κ2) is 3.89. The average Bonchev–Trinajstić information content (AvgIpc) is 2.55. The second-order valence-corrected chi connectivity index (χ2v) is 5.38. The molecule has 1 aromatic heterocycles. The molecule has 2 rings (SSSR count). The van der Waals surface area contributed by atoms with Gasteiger partial charge < -0.3 is 4.57 Å². The Bertz CT molecular complexity index is 594. The summed E-state index contributed by atoms with van der Waals surface area (Å²) in [4.78, 5) is 4.47. The fraction of sp³-hybridized carbons (Fsp3) is 0.429. The van der Waals surface area contributed by atoms with E-state index in [1.165, 1.54) is 5.56 Å². The average molecular weight is 227 g/mol. The van der Waals surface area contributed by atoms with Gasteiger partial charge in [-0.1, -0.05) is 26.8 Å². The molecule has 0 bridgehead atoms. The molecule has 2 aromatic rings. The molecule has 0 aliphatic heterocycles.